The van der Waals surface area contributed by atoms with E-state index in [1.54, 1.807) is 0 Å². The summed E-state index contributed by atoms with van der Waals surface area (Å²) in [6.45, 7) is 0. The average Bonchev–Trinajstić information content (AvgIpc) is 2.21. The van der Waals surface area contributed by atoms with Gasteiger partial charge in [0.1, 0.15) is 11.4 Å². The molecule has 0 heterocycles. The number of hydrogen-bond donors (Lipinski definition) is 2. The van der Waals surface area contributed by atoms with E-state index in [2.05, 4.69) is 23.6 Å². The third-order valence-electron chi connectivity index (χ3n) is 3.23. The molecule has 0 spiro atoms. The fourth-order valence-corrected chi connectivity index (χ4v) is 2.37. The van der Waals surface area contributed by atoms with Crippen LogP contribution < -0.4 is 11.5 Å². The third kappa shape index (κ3) is 6.13. The molecule has 6 nitrogen and oxygen atoms in total. The van der Waals surface area contributed by atoms with E-state index in [1.807, 2.05) is 0 Å². The SMILES string of the molecule is O=S(=O)([O-])[O-].[NH3+]c1ccc([NH3+])c2c1CCCCCC2. The largest absolute Gasteiger partial charge is 0.759 e. The Bertz CT molecular complexity index is 488. The van der Waals surface area contributed by atoms with Crippen molar-refractivity contribution in [3.8, 4) is 0 Å². The quantitative estimate of drug-likeness (QED) is 0.502. The molecule has 0 bridgehead atoms. The van der Waals surface area contributed by atoms with E-state index >= 15 is 0 Å². The van der Waals surface area contributed by atoms with Crippen LogP contribution in [-0.2, 0) is 23.2 Å². The van der Waals surface area contributed by atoms with Gasteiger partial charge in [-0.1, -0.05) is 12.8 Å². The molecular weight excluding hydrogens is 268 g/mol. The molecule has 0 unspecified atom stereocenters. The van der Waals surface area contributed by atoms with Crippen molar-refractivity contribution in [1.29, 1.82) is 0 Å². The molecule has 1 aliphatic carbocycles. The molecule has 7 heteroatoms. The highest BCUT2D eigenvalue weighted by Gasteiger charge is 2.15. The van der Waals surface area contributed by atoms with Crippen molar-refractivity contribution in [2.45, 2.75) is 38.5 Å². The summed E-state index contributed by atoms with van der Waals surface area (Å²) < 4.78 is 34.1. The monoisotopic (exact) mass is 288 g/mol. The van der Waals surface area contributed by atoms with Gasteiger partial charge in [-0.3, -0.25) is 8.42 Å². The molecule has 0 fully saturated rings. The number of benzene rings is 1. The molecule has 0 atom stereocenters. The van der Waals surface area contributed by atoms with Crippen molar-refractivity contribution in [2.75, 3.05) is 0 Å². The lowest BCUT2D eigenvalue weighted by Crippen LogP contribution is -2.45. The predicted octanol–water partition coefficient (Wildman–Crippen LogP) is -0.246. The van der Waals surface area contributed by atoms with Gasteiger partial charge in [-0.25, -0.2) is 0 Å². The Labute approximate surface area is 113 Å². The first kappa shape index (κ1) is 16.1. The molecule has 1 aromatic carbocycles. The smallest absolute Gasteiger partial charge is 0.131 e. The lowest BCUT2D eigenvalue weighted by Gasteiger charge is -2.14. The fraction of sp³-hybridized carbons (Fsp3) is 0.500. The van der Waals surface area contributed by atoms with Crippen LogP contribution in [0, 0.1) is 0 Å². The first-order valence-corrected chi connectivity index (χ1v) is 7.57. The van der Waals surface area contributed by atoms with Crippen LogP contribution >= 0.6 is 0 Å². The van der Waals surface area contributed by atoms with Crippen LogP contribution in [0.1, 0.15) is 36.8 Å². The van der Waals surface area contributed by atoms with Crippen molar-refractivity contribution in [3.05, 3.63) is 23.3 Å². The van der Waals surface area contributed by atoms with Gasteiger partial charge in [0.05, 0.1) is 0 Å². The van der Waals surface area contributed by atoms with Gasteiger partial charge in [0.2, 0.25) is 0 Å². The maximum Gasteiger partial charge on any atom is 0.131 e. The lowest BCUT2D eigenvalue weighted by atomic mass is 9.91. The summed E-state index contributed by atoms with van der Waals surface area (Å²) in [6.07, 6.45) is 7.80. The first-order chi connectivity index (χ1) is 8.79. The van der Waals surface area contributed by atoms with Crippen LogP contribution in [0.2, 0.25) is 0 Å². The van der Waals surface area contributed by atoms with Gasteiger partial charge >= 0.3 is 0 Å². The summed E-state index contributed by atoms with van der Waals surface area (Å²) in [5, 5.41) is 0. The standard InChI is InChI=1S/C12H18N2.H2O4S/c13-11-7-8-12(14)10-6-4-2-1-3-5-9(10)11;1-5(2,3)4/h7-8H,1-6,13-14H2;(H2,1,2,3,4). The van der Waals surface area contributed by atoms with E-state index in [9.17, 15) is 0 Å². The maximum atomic E-state index is 8.52. The Balaban J connectivity index is 0.000000312. The average molecular weight is 288 g/mol. The van der Waals surface area contributed by atoms with Crippen molar-refractivity contribution < 1.29 is 29.0 Å². The van der Waals surface area contributed by atoms with E-state index in [0.29, 0.717) is 0 Å². The molecule has 1 aromatic rings. The molecule has 0 aromatic heterocycles. The van der Waals surface area contributed by atoms with Gasteiger partial charge in [-0.05, 0) is 25.7 Å². The highest BCUT2D eigenvalue weighted by Crippen LogP contribution is 2.27. The molecular formula is C12H20N2O4S. The molecule has 108 valence electrons. The zero-order valence-corrected chi connectivity index (χ0v) is 11.7. The van der Waals surface area contributed by atoms with E-state index in [1.165, 1.54) is 61.0 Å². The van der Waals surface area contributed by atoms with E-state index < -0.39 is 10.4 Å². The van der Waals surface area contributed by atoms with Gasteiger partial charge in [0.25, 0.3) is 0 Å². The van der Waals surface area contributed by atoms with E-state index in [0.717, 1.165) is 0 Å². The Morgan fingerprint density at radius 1 is 0.842 bits per heavy atom. The van der Waals surface area contributed by atoms with Crippen molar-refractivity contribution in [3.63, 3.8) is 0 Å². The molecule has 0 amide bonds. The van der Waals surface area contributed by atoms with Crippen LogP contribution in [0.5, 0.6) is 0 Å². The van der Waals surface area contributed by atoms with Gasteiger partial charge in [-0.2, -0.15) is 0 Å². The fourth-order valence-electron chi connectivity index (χ4n) is 2.37. The molecule has 2 rings (SSSR count). The van der Waals surface area contributed by atoms with Crippen molar-refractivity contribution >= 4 is 21.8 Å². The summed E-state index contributed by atoms with van der Waals surface area (Å²) in [5.74, 6) is 0. The van der Waals surface area contributed by atoms with Gasteiger partial charge < -0.3 is 20.6 Å². The Morgan fingerprint density at radius 3 is 1.47 bits per heavy atom. The highest BCUT2D eigenvalue weighted by atomic mass is 32.3. The Hall–Kier alpha value is -0.990. The normalized spacial score (nSPS) is 15.6. The predicted molar refractivity (Wildman–Crippen MR) is 67.9 cm³/mol. The van der Waals surface area contributed by atoms with Crippen molar-refractivity contribution in [2.24, 2.45) is 0 Å². The number of rotatable bonds is 0. The van der Waals surface area contributed by atoms with Crippen LogP contribution in [0.15, 0.2) is 12.1 Å². The minimum absolute atomic E-state index is 1.21. The topological polar surface area (TPSA) is 136 Å². The number of hydrogen-bond acceptors (Lipinski definition) is 4. The minimum atomic E-state index is -5.17. The summed E-state index contributed by atoms with van der Waals surface area (Å²) >= 11 is 0. The zero-order valence-electron chi connectivity index (χ0n) is 10.9. The lowest BCUT2D eigenvalue weighted by molar-refractivity contribution is -0.262. The van der Waals surface area contributed by atoms with E-state index in [4.69, 9.17) is 17.5 Å². The molecule has 0 aliphatic heterocycles. The molecule has 0 radical (unpaired) electrons. The summed E-state index contributed by atoms with van der Waals surface area (Å²) in [5.41, 5.74) is 13.6. The van der Waals surface area contributed by atoms with Gasteiger partial charge in [0, 0.05) is 33.7 Å². The van der Waals surface area contributed by atoms with Crippen LogP contribution in [-0.4, -0.2) is 17.5 Å². The Kier molecular flexibility index (Phi) is 5.89. The first-order valence-electron chi connectivity index (χ1n) is 6.24. The number of quaternary nitrogens is 2. The molecule has 0 saturated heterocycles. The van der Waals surface area contributed by atoms with E-state index in [-0.39, 0.29) is 0 Å². The van der Waals surface area contributed by atoms with Crippen LogP contribution in [0.4, 0.5) is 11.4 Å². The van der Waals surface area contributed by atoms with Crippen LogP contribution in [0.3, 0.4) is 0 Å². The van der Waals surface area contributed by atoms with Gasteiger partial charge in [-0.15, -0.1) is 0 Å². The second kappa shape index (κ2) is 6.97. The number of fused-ring (bicyclic) bond motifs is 1. The zero-order chi connectivity index (χ0) is 14.5. The molecule has 0 saturated carbocycles. The second-order valence-corrected chi connectivity index (χ2v) is 5.48. The summed E-state index contributed by atoms with van der Waals surface area (Å²) in [6, 6.07) is 4.23. The van der Waals surface area contributed by atoms with Gasteiger partial charge in [0.15, 0.2) is 0 Å². The molecule has 19 heavy (non-hydrogen) atoms. The summed E-state index contributed by atoms with van der Waals surface area (Å²) in [4.78, 5) is 0. The van der Waals surface area contributed by atoms with Crippen molar-refractivity contribution in [1.82, 2.24) is 0 Å². The minimum Gasteiger partial charge on any atom is -0.759 e. The maximum absolute atomic E-state index is 8.52. The highest BCUT2D eigenvalue weighted by molar-refractivity contribution is 7.79. The third-order valence-corrected chi connectivity index (χ3v) is 3.23. The summed E-state index contributed by atoms with van der Waals surface area (Å²) in [7, 11) is -5.17. The van der Waals surface area contributed by atoms with Crippen LogP contribution in [0.25, 0.3) is 0 Å². The Morgan fingerprint density at radius 2 is 1.16 bits per heavy atom. The second-order valence-electron chi connectivity index (χ2n) is 4.66. The molecule has 6 N–H and O–H groups in total. The molecule has 1 aliphatic rings.